The van der Waals surface area contributed by atoms with Crippen LogP contribution in [-0.4, -0.2) is 21.0 Å². The molecule has 2 rings (SSSR count). The zero-order chi connectivity index (χ0) is 15.5. The molecule has 0 heterocycles. The Morgan fingerprint density at radius 1 is 1.27 bits per heavy atom. The molecular weight excluding hydrogens is 320 g/mol. The van der Waals surface area contributed by atoms with Crippen molar-refractivity contribution in [3.63, 3.8) is 0 Å². The lowest BCUT2D eigenvalue weighted by atomic mass is 9.99. The van der Waals surface area contributed by atoms with Crippen molar-refractivity contribution in [2.75, 3.05) is 6.54 Å². The van der Waals surface area contributed by atoms with Crippen LogP contribution in [0.3, 0.4) is 0 Å². The fourth-order valence-electron chi connectivity index (χ4n) is 2.95. The van der Waals surface area contributed by atoms with Crippen molar-refractivity contribution in [2.24, 2.45) is 11.7 Å². The summed E-state index contributed by atoms with van der Waals surface area (Å²) in [4.78, 5) is 0.345. The van der Waals surface area contributed by atoms with Gasteiger partial charge >= 0.3 is 0 Å². The molecule has 4 nitrogen and oxygen atoms in total. The summed E-state index contributed by atoms with van der Waals surface area (Å²) in [6.07, 6.45) is 3.98. The molecule has 126 valence electrons. The molecule has 0 spiro atoms. The Kier molecular flexibility index (Phi) is 7.32. The molecule has 1 aromatic carbocycles. The van der Waals surface area contributed by atoms with Gasteiger partial charge in [0.25, 0.3) is 0 Å². The van der Waals surface area contributed by atoms with Crippen LogP contribution >= 0.6 is 12.4 Å². The van der Waals surface area contributed by atoms with E-state index in [1.54, 1.807) is 12.1 Å². The highest BCUT2D eigenvalue weighted by molar-refractivity contribution is 7.89. The maximum absolute atomic E-state index is 12.4. The minimum absolute atomic E-state index is 0. The van der Waals surface area contributed by atoms with Crippen molar-refractivity contribution < 1.29 is 8.42 Å². The Morgan fingerprint density at radius 3 is 2.45 bits per heavy atom. The van der Waals surface area contributed by atoms with Crippen molar-refractivity contribution >= 4 is 22.4 Å². The van der Waals surface area contributed by atoms with E-state index in [1.165, 1.54) is 5.56 Å². The quantitative estimate of drug-likeness (QED) is 0.831. The van der Waals surface area contributed by atoms with Crippen LogP contribution in [0.25, 0.3) is 0 Å². The Bertz CT molecular complexity index is 560. The molecule has 1 aromatic rings. The molecule has 1 fully saturated rings. The first-order valence-corrected chi connectivity index (χ1v) is 9.28. The Morgan fingerprint density at radius 2 is 1.91 bits per heavy atom. The van der Waals surface area contributed by atoms with Crippen LogP contribution < -0.4 is 10.5 Å². The van der Waals surface area contributed by atoms with Gasteiger partial charge in [-0.25, -0.2) is 13.1 Å². The largest absolute Gasteiger partial charge is 0.330 e. The molecule has 0 bridgehead atoms. The number of sulfonamides is 1. The number of hydrogen-bond donors (Lipinski definition) is 2. The van der Waals surface area contributed by atoms with Crippen LogP contribution in [0.5, 0.6) is 0 Å². The van der Waals surface area contributed by atoms with Gasteiger partial charge in [-0.2, -0.15) is 0 Å². The molecule has 0 radical (unpaired) electrons. The molecule has 1 aliphatic carbocycles. The van der Waals surface area contributed by atoms with Gasteiger partial charge in [0, 0.05) is 6.04 Å². The summed E-state index contributed by atoms with van der Waals surface area (Å²) in [7, 11) is -3.44. The van der Waals surface area contributed by atoms with Gasteiger partial charge in [-0.3, -0.25) is 0 Å². The lowest BCUT2D eigenvalue weighted by Crippen LogP contribution is -2.39. The van der Waals surface area contributed by atoms with Crippen LogP contribution in [0, 0.1) is 5.92 Å². The minimum Gasteiger partial charge on any atom is -0.330 e. The Balaban J connectivity index is 0.00000242. The second-order valence-electron chi connectivity index (χ2n) is 6.03. The second-order valence-corrected chi connectivity index (χ2v) is 7.75. The van der Waals surface area contributed by atoms with Crippen LogP contribution in [0.4, 0.5) is 0 Å². The smallest absolute Gasteiger partial charge is 0.240 e. The first-order chi connectivity index (χ1) is 9.97. The molecule has 0 amide bonds. The summed E-state index contributed by atoms with van der Waals surface area (Å²) in [5.41, 5.74) is 6.89. The van der Waals surface area contributed by atoms with Crippen molar-refractivity contribution in [1.29, 1.82) is 0 Å². The molecule has 1 saturated carbocycles. The second kappa shape index (κ2) is 8.29. The maximum atomic E-state index is 12.4. The zero-order valence-electron chi connectivity index (χ0n) is 13.3. The van der Waals surface area contributed by atoms with Crippen molar-refractivity contribution in [2.45, 2.75) is 56.4 Å². The van der Waals surface area contributed by atoms with Gasteiger partial charge in [-0.05, 0) is 55.3 Å². The van der Waals surface area contributed by atoms with Gasteiger partial charge in [0.15, 0.2) is 0 Å². The average molecular weight is 347 g/mol. The molecule has 0 aromatic heterocycles. The van der Waals surface area contributed by atoms with Crippen LogP contribution in [-0.2, 0) is 10.0 Å². The van der Waals surface area contributed by atoms with Gasteiger partial charge in [-0.15, -0.1) is 12.4 Å². The summed E-state index contributed by atoms with van der Waals surface area (Å²) in [6, 6.07) is 7.22. The highest BCUT2D eigenvalue weighted by atomic mass is 35.5. The first-order valence-electron chi connectivity index (χ1n) is 7.80. The summed E-state index contributed by atoms with van der Waals surface area (Å²) in [5.74, 6) is 0.713. The topological polar surface area (TPSA) is 72.2 Å². The molecule has 6 heteroatoms. The van der Waals surface area contributed by atoms with E-state index in [0.717, 1.165) is 25.7 Å². The summed E-state index contributed by atoms with van der Waals surface area (Å²) in [6.45, 7) is 4.82. The van der Waals surface area contributed by atoms with Gasteiger partial charge in [0.1, 0.15) is 0 Å². The number of nitrogens with two attached hydrogens (primary N) is 1. The lowest BCUT2D eigenvalue weighted by Gasteiger charge is -2.19. The van der Waals surface area contributed by atoms with Gasteiger partial charge in [0.05, 0.1) is 4.90 Å². The Labute approximate surface area is 140 Å². The number of rotatable bonds is 6. The maximum Gasteiger partial charge on any atom is 0.240 e. The van der Waals surface area contributed by atoms with Crippen molar-refractivity contribution in [1.82, 2.24) is 4.72 Å². The number of nitrogens with one attached hydrogen (secondary N) is 1. The molecule has 0 saturated heterocycles. The zero-order valence-corrected chi connectivity index (χ0v) is 14.9. The van der Waals surface area contributed by atoms with Gasteiger partial charge < -0.3 is 5.73 Å². The third-order valence-corrected chi connectivity index (χ3v) is 6.15. The third kappa shape index (κ3) is 4.44. The number of hydrogen-bond acceptors (Lipinski definition) is 3. The predicted octanol–water partition coefficient (Wildman–Crippen LogP) is 3.03. The normalized spacial score (nSPS) is 23.0. The molecule has 3 atom stereocenters. The van der Waals surface area contributed by atoms with Crippen molar-refractivity contribution in [3.8, 4) is 0 Å². The van der Waals surface area contributed by atoms with E-state index >= 15 is 0 Å². The molecule has 22 heavy (non-hydrogen) atoms. The van der Waals surface area contributed by atoms with E-state index in [1.807, 2.05) is 12.1 Å². The molecule has 1 aliphatic rings. The van der Waals surface area contributed by atoms with Crippen LogP contribution in [0.15, 0.2) is 29.2 Å². The van der Waals surface area contributed by atoms with E-state index in [9.17, 15) is 8.42 Å². The molecule has 3 unspecified atom stereocenters. The summed E-state index contributed by atoms with van der Waals surface area (Å²) >= 11 is 0. The third-order valence-electron chi connectivity index (χ3n) is 4.64. The number of halogens is 1. The van der Waals surface area contributed by atoms with Gasteiger partial charge in [-0.1, -0.05) is 32.4 Å². The molecule has 0 aliphatic heterocycles. The van der Waals surface area contributed by atoms with E-state index < -0.39 is 10.0 Å². The Hall–Kier alpha value is -0.620. The van der Waals surface area contributed by atoms with Crippen LogP contribution in [0.1, 0.15) is 51.0 Å². The highest BCUT2D eigenvalue weighted by Gasteiger charge is 2.30. The fraction of sp³-hybridized carbons (Fsp3) is 0.625. The van der Waals surface area contributed by atoms with E-state index in [2.05, 4.69) is 18.6 Å². The standard InChI is InChI=1S/C16H26N2O2S.ClH/c1-3-12(2)13-7-9-15(10-8-13)21(19,20)18-16-6-4-5-14(16)11-17;/h7-10,12,14,16,18H,3-6,11,17H2,1-2H3;1H. The summed E-state index contributed by atoms with van der Waals surface area (Å²) < 4.78 is 27.7. The first kappa shape index (κ1) is 19.4. The minimum atomic E-state index is -3.44. The van der Waals surface area contributed by atoms with Gasteiger partial charge in [0.2, 0.25) is 10.0 Å². The van der Waals surface area contributed by atoms with E-state index in [-0.39, 0.29) is 24.4 Å². The molecule has 3 N–H and O–H groups in total. The van der Waals surface area contributed by atoms with E-state index in [0.29, 0.717) is 17.4 Å². The average Bonchev–Trinajstić information content (AvgIpc) is 2.93. The summed E-state index contributed by atoms with van der Waals surface area (Å²) in [5, 5.41) is 0. The van der Waals surface area contributed by atoms with Crippen molar-refractivity contribution in [3.05, 3.63) is 29.8 Å². The fourth-order valence-corrected chi connectivity index (χ4v) is 4.29. The number of benzene rings is 1. The monoisotopic (exact) mass is 346 g/mol. The SMILES string of the molecule is CCC(C)c1ccc(S(=O)(=O)NC2CCCC2CN)cc1.Cl. The lowest BCUT2D eigenvalue weighted by molar-refractivity contribution is 0.453. The molecular formula is C16H27ClN2O2S. The van der Waals surface area contributed by atoms with Crippen LogP contribution in [0.2, 0.25) is 0 Å². The predicted molar refractivity (Wildman–Crippen MR) is 92.9 cm³/mol. The van der Waals surface area contributed by atoms with E-state index in [4.69, 9.17) is 5.73 Å². The highest BCUT2D eigenvalue weighted by Crippen LogP contribution is 2.26.